The van der Waals surface area contributed by atoms with Gasteiger partial charge in [0.25, 0.3) is 0 Å². The highest BCUT2D eigenvalue weighted by Crippen LogP contribution is 2.25. The number of benzene rings is 2. The molecule has 146 valence electrons. The molecule has 0 aliphatic heterocycles. The molecule has 0 amide bonds. The van der Waals surface area contributed by atoms with Crippen molar-refractivity contribution >= 4 is 21.5 Å². The number of nitrogens with one attached hydrogen (secondary N) is 1. The quantitative estimate of drug-likeness (QED) is 0.543. The second-order valence-corrected chi connectivity index (χ2v) is 8.59. The zero-order valence-corrected chi connectivity index (χ0v) is 16.8. The van der Waals surface area contributed by atoms with Gasteiger partial charge >= 0.3 is 0 Å². The van der Waals surface area contributed by atoms with Crippen LogP contribution in [0.15, 0.2) is 78.0 Å². The maximum absolute atomic E-state index is 11.6. The van der Waals surface area contributed by atoms with Gasteiger partial charge in [0, 0.05) is 23.7 Å². The van der Waals surface area contributed by atoms with Crippen molar-refractivity contribution < 1.29 is 8.42 Å². The molecule has 0 saturated carbocycles. The third kappa shape index (κ3) is 4.02. The normalized spacial score (nSPS) is 11.4. The molecule has 8 heteroatoms. The first kappa shape index (κ1) is 18.8. The van der Waals surface area contributed by atoms with Gasteiger partial charge in [-0.05, 0) is 49.4 Å². The van der Waals surface area contributed by atoms with Gasteiger partial charge in [-0.3, -0.25) is 0 Å². The van der Waals surface area contributed by atoms with Crippen LogP contribution in [0.5, 0.6) is 0 Å². The first-order valence-corrected chi connectivity index (χ1v) is 10.8. The Labute approximate surface area is 169 Å². The third-order valence-corrected chi connectivity index (χ3v) is 5.61. The van der Waals surface area contributed by atoms with E-state index in [2.05, 4.69) is 20.4 Å². The Morgan fingerprint density at radius 2 is 1.69 bits per heavy atom. The van der Waals surface area contributed by atoms with Gasteiger partial charge in [0.15, 0.2) is 9.84 Å². The molecule has 2 heterocycles. The van der Waals surface area contributed by atoms with Crippen LogP contribution in [0.1, 0.15) is 5.69 Å². The van der Waals surface area contributed by atoms with Crippen molar-refractivity contribution in [1.82, 2.24) is 19.7 Å². The van der Waals surface area contributed by atoms with Gasteiger partial charge in [-0.1, -0.05) is 18.2 Å². The highest BCUT2D eigenvalue weighted by atomic mass is 32.2. The molecule has 0 aliphatic carbocycles. The number of rotatable bonds is 5. The molecule has 0 unspecified atom stereocenters. The van der Waals surface area contributed by atoms with Crippen LogP contribution in [-0.2, 0) is 9.84 Å². The molecule has 0 saturated heterocycles. The minimum absolute atomic E-state index is 0.265. The molecule has 7 nitrogen and oxygen atoms in total. The molecule has 0 radical (unpaired) electrons. The van der Waals surface area contributed by atoms with Crippen molar-refractivity contribution in [3.05, 3.63) is 78.8 Å². The van der Waals surface area contributed by atoms with E-state index in [0.29, 0.717) is 11.6 Å². The van der Waals surface area contributed by atoms with Crippen molar-refractivity contribution in [3.63, 3.8) is 0 Å². The summed E-state index contributed by atoms with van der Waals surface area (Å²) in [6.45, 7) is 1.99. The van der Waals surface area contributed by atoms with E-state index in [4.69, 9.17) is 0 Å². The first-order chi connectivity index (χ1) is 13.9. The number of para-hydroxylation sites is 1. The van der Waals surface area contributed by atoms with Gasteiger partial charge in [0.2, 0.25) is 5.95 Å². The highest BCUT2D eigenvalue weighted by Gasteiger charge is 2.12. The average Bonchev–Trinajstić information content (AvgIpc) is 3.10. The smallest absolute Gasteiger partial charge is 0.227 e. The van der Waals surface area contributed by atoms with E-state index in [1.54, 1.807) is 36.7 Å². The summed E-state index contributed by atoms with van der Waals surface area (Å²) in [5, 5.41) is 7.59. The van der Waals surface area contributed by atoms with Crippen molar-refractivity contribution in [2.75, 3.05) is 11.6 Å². The predicted octanol–water partition coefficient (Wildman–Crippen LogP) is 3.78. The van der Waals surface area contributed by atoms with Crippen LogP contribution in [0, 0.1) is 6.92 Å². The fraction of sp³-hybridized carbons (Fsp3) is 0.0952. The Bertz CT molecular complexity index is 1250. The summed E-state index contributed by atoms with van der Waals surface area (Å²) in [5.74, 6) is 0.418. The molecule has 0 atom stereocenters. The van der Waals surface area contributed by atoms with Gasteiger partial charge in [-0.15, -0.1) is 0 Å². The zero-order valence-electron chi connectivity index (χ0n) is 15.9. The van der Waals surface area contributed by atoms with Crippen LogP contribution in [-0.4, -0.2) is 34.4 Å². The van der Waals surface area contributed by atoms with Crippen molar-refractivity contribution in [1.29, 1.82) is 0 Å². The zero-order chi connectivity index (χ0) is 20.4. The lowest BCUT2D eigenvalue weighted by Crippen LogP contribution is -2.01. The SMILES string of the molecule is Cc1c(-c2ccnc(Nc3ccc(S(C)(=O)=O)cc3)n2)cnn1-c1ccccc1. The Balaban J connectivity index is 1.61. The van der Waals surface area contributed by atoms with E-state index in [1.165, 1.54) is 6.26 Å². The minimum atomic E-state index is -3.23. The monoisotopic (exact) mass is 405 g/mol. The molecule has 29 heavy (non-hydrogen) atoms. The van der Waals surface area contributed by atoms with Gasteiger partial charge < -0.3 is 5.32 Å². The van der Waals surface area contributed by atoms with E-state index in [9.17, 15) is 8.42 Å². The summed E-state index contributed by atoms with van der Waals surface area (Å²) in [4.78, 5) is 9.11. The Morgan fingerprint density at radius 1 is 0.966 bits per heavy atom. The van der Waals surface area contributed by atoms with Gasteiger partial charge in [0.1, 0.15) is 0 Å². The molecule has 4 aromatic rings. The van der Waals surface area contributed by atoms with Crippen molar-refractivity contribution in [3.8, 4) is 16.9 Å². The maximum Gasteiger partial charge on any atom is 0.227 e. The maximum atomic E-state index is 11.6. The average molecular weight is 405 g/mol. The molecule has 0 spiro atoms. The molecule has 1 N–H and O–H groups in total. The number of sulfone groups is 1. The molecule has 2 aromatic carbocycles. The van der Waals surface area contributed by atoms with Crippen molar-refractivity contribution in [2.24, 2.45) is 0 Å². The number of hydrogen-bond acceptors (Lipinski definition) is 6. The number of anilines is 2. The lowest BCUT2D eigenvalue weighted by molar-refractivity contribution is 0.602. The Kier molecular flexibility index (Phi) is 4.85. The fourth-order valence-corrected chi connectivity index (χ4v) is 3.60. The summed E-state index contributed by atoms with van der Waals surface area (Å²) < 4.78 is 25.0. The van der Waals surface area contributed by atoms with Gasteiger partial charge in [0.05, 0.1) is 28.2 Å². The number of nitrogens with zero attached hydrogens (tertiary/aromatic N) is 4. The van der Waals surface area contributed by atoms with Gasteiger partial charge in [-0.2, -0.15) is 5.10 Å². The Morgan fingerprint density at radius 3 is 2.38 bits per heavy atom. The van der Waals surface area contributed by atoms with Crippen molar-refractivity contribution in [2.45, 2.75) is 11.8 Å². The second kappa shape index (κ2) is 7.48. The molecule has 0 aliphatic rings. The fourth-order valence-electron chi connectivity index (χ4n) is 2.97. The van der Waals surface area contributed by atoms with Gasteiger partial charge in [-0.25, -0.2) is 23.1 Å². The minimum Gasteiger partial charge on any atom is -0.324 e. The first-order valence-electron chi connectivity index (χ1n) is 8.92. The predicted molar refractivity (Wildman–Crippen MR) is 112 cm³/mol. The summed E-state index contributed by atoms with van der Waals surface area (Å²) in [7, 11) is -3.23. The van der Waals surface area contributed by atoms with Crippen LogP contribution in [0.2, 0.25) is 0 Å². The van der Waals surface area contributed by atoms with E-state index in [-0.39, 0.29) is 4.90 Å². The molecule has 0 fully saturated rings. The van der Waals surface area contributed by atoms with Crippen LogP contribution in [0.25, 0.3) is 16.9 Å². The summed E-state index contributed by atoms with van der Waals surface area (Å²) in [6, 6.07) is 18.2. The largest absolute Gasteiger partial charge is 0.324 e. The lowest BCUT2D eigenvalue weighted by atomic mass is 10.2. The summed E-state index contributed by atoms with van der Waals surface area (Å²) in [6.07, 6.45) is 4.64. The molecular formula is C21H19N5O2S. The van der Waals surface area contributed by atoms with E-state index < -0.39 is 9.84 Å². The highest BCUT2D eigenvalue weighted by molar-refractivity contribution is 7.90. The molecule has 4 rings (SSSR count). The van der Waals surface area contributed by atoms with Crippen LogP contribution in [0.4, 0.5) is 11.6 Å². The number of aromatic nitrogens is 4. The molecular weight excluding hydrogens is 386 g/mol. The standard InChI is InChI=1S/C21H19N5O2S/c1-15-19(14-23-26(15)17-6-4-3-5-7-17)20-12-13-22-21(25-20)24-16-8-10-18(11-9-16)29(2,27)28/h3-14H,1-2H3,(H,22,24,25). The van der Waals surface area contributed by atoms with E-state index in [1.807, 2.05) is 48.0 Å². The van der Waals surface area contributed by atoms with Crippen LogP contribution < -0.4 is 5.32 Å². The number of hydrogen-bond donors (Lipinski definition) is 1. The lowest BCUT2D eigenvalue weighted by Gasteiger charge is -2.08. The van der Waals surface area contributed by atoms with Crippen LogP contribution in [0.3, 0.4) is 0 Å². The van der Waals surface area contributed by atoms with E-state index >= 15 is 0 Å². The topological polar surface area (TPSA) is 89.8 Å². The summed E-state index contributed by atoms with van der Waals surface area (Å²) in [5.41, 5.74) is 4.31. The summed E-state index contributed by atoms with van der Waals surface area (Å²) >= 11 is 0. The second-order valence-electron chi connectivity index (χ2n) is 6.58. The van der Waals surface area contributed by atoms with E-state index in [0.717, 1.165) is 22.6 Å². The molecule has 2 aromatic heterocycles. The Hall–Kier alpha value is -3.52. The molecule has 0 bridgehead atoms. The third-order valence-electron chi connectivity index (χ3n) is 4.48. The van der Waals surface area contributed by atoms with Crippen LogP contribution >= 0.6 is 0 Å².